The molecule has 4 nitrogen and oxygen atoms in total. The zero-order valence-corrected chi connectivity index (χ0v) is 57.6. The second-order valence-electron chi connectivity index (χ2n) is 25.7. The SMILES string of the molecule is CC/C=C\C/C=C\C/C=C\C/C=C\C/C=C\C/C=C\C/C=C\C/C=C\CCCCCCCCCCCCCCCCCCC(=O)NC(CO)C(O)/C=C/CCCCCCCCCCCCCCCCCCCCCCCCCCCCCCCCC. The Labute approximate surface area is 537 Å². The van der Waals surface area contributed by atoms with Crippen LogP contribution in [0.3, 0.4) is 0 Å². The average molecular weight is 1200 g/mol. The van der Waals surface area contributed by atoms with Crippen molar-refractivity contribution in [2.45, 2.75) is 398 Å². The van der Waals surface area contributed by atoms with E-state index >= 15 is 0 Å². The summed E-state index contributed by atoms with van der Waals surface area (Å²) in [4.78, 5) is 12.6. The summed E-state index contributed by atoms with van der Waals surface area (Å²) < 4.78 is 0. The minimum Gasteiger partial charge on any atom is -0.394 e. The number of allylic oxidation sites excluding steroid dienone is 17. The molecule has 0 bridgehead atoms. The first-order valence-electron chi connectivity index (χ1n) is 38.1. The molecule has 0 heterocycles. The van der Waals surface area contributed by atoms with Gasteiger partial charge in [0.2, 0.25) is 5.91 Å². The van der Waals surface area contributed by atoms with E-state index in [0.29, 0.717) is 6.42 Å². The van der Waals surface area contributed by atoms with Crippen LogP contribution < -0.4 is 5.32 Å². The van der Waals surface area contributed by atoms with E-state index in [0.717, 1.165) is 77.0 Å². The molecule has 1 amide bonds. The second kappa shape index (κ2) is 76.3. The van der Waals surface area contributed by atoms with E-state index in [1.807, 2.05) is 6.08 Å². The van der Waals surface area contributed by atoms with Crippen molar-refractivity contribution in [3.63, 3.8) is 0 Å². The number of aliphatic hydroxyl groups is 2. The molecule has 0 aliphatic heterocycles. The standard InChI is InChI=1S/C82H147NO3/c1-3-5-7-9-11-13-15-17-19-21-23-25-27-29-31-33-35-37-38-39-40-41-42-43-44-46-48-50-52-54-56-58-60-62-64-66-68-70-72-74-76-78-82(86)83-80(79-84)81(85)77-75-73-71-69-67-65-63-61-59-57-55-53-51-49-47-45-36-34-32-30-28-26-24-22-20-18-16-14-12-10-8-6-4-2/h5,7,11,13,17,19,23,25,29,31,35,37,39-40,42-43,75,77,80-81,84-85H,3-4,6,8-10,12,14-16,18,20-22,24,26-28,30,32-34,36,38,41,44-74,76,78-79H2,1-2H3,(H,83,86)/b7-5-,13-11-,19-17-,25-23-,31-29-,37-35-,40-39-,43-42-,77-75+. The van der Waals surface area contributed by atoms with Gasteiger partial charge >= 0.3 is 0 Å². The van der Waals surface area contributed by atoms with E-state index < -0.39 is 12.1 Å². The molecule has 498 valence electrons. The Morgan fingerprint density at radius 2 is 0.512 bits per heavy atom. The molecule has 0 saturated carbocycles. The van der Waals surface area contributed by atoms with Crippen molar-refractivity contribution in [2.24, 2.45) is 0 Å². The van der Waals surface area contributed by atoms with Crippen LogP contribution in [0.5, 0.6) is 0 Å². The van der Waals surface area contributed by atoms with Gasteiger partial charge in [-0.15, -0.1) is 0 Å². The van der Waals surface area contributed by atoms with Crippen molar-refractivity contribution in [3.8, 4) is 0 Å². The number of aliphatic hydroxyl groups excluding tert-OH is 2. The lowest BCUT2D eigenvalue weighted by molar-refractivity contribution is -0.123. The maximum Gasteiger partial charge on any atom is 0.220 e. The van der Waals surface area contributed by atoms with Gasteiger partial charge in [-0.2, -0.15) is 0 Å². The van der Waals surface area contributed by atoms with Gasteiger partial charge in [0.1, 0.15) is 0 Å². The molecule has 0 aliphatic rings. The molecule has 0 fully saturated rings. The van der Waals surface area contributed by atoms with E-state index in [-0.39, 0.29) is 12.5 Å². The zero-order valence-electron chi connectivity index (χ0n) is 57.6. The highest BCUT2D eigenvalue weighted by Crippen LogP contribution is 2.19. The van der Waals surface area contributed by atoms with Gasteiger partial charge in [0, 0.05) is 6.42 Å². The molecule has 2 atom stereocenters. The van der Waals surface area contributed by atoms with E-state index in [9.17, 15) is 15.0 Å². The normalized spacial score (nSPS) is 13.3. The van der Waals surface area contributed by atoms with Crippen LogP contribution in [-0.4, -0.2) is 34.9 Å². The van der Waals surface area contributed by atoms with Gasteiger partial charge < -0.3 is 15.5 Å². The highest BCUT2D eigenvalue weighted by atomic mass is 16.3. The summed E-state index contributed by atoms with van der Waals surface area (Å²) in [7, 11) is 0. The third kappa shape index (κ3) is 71.8. The number of rotatable bonds is 70. The fourth-order valence-corrected chi connectivity index (χ4v) is 11.6. The first kappa shape index (κ1) is 83.1. The number of amides is 1. The molecule has 86 heavy (non-hydrogen) atoms. The van der Waals surface area contributed by atoms with Crippen molar-refractivity contribution in [2.75, 3.05) is 6.61 Å². The molecule has 0 aliphatic carbocycles. The quantitative estimate of drug-likeness (QED) is 0.0420. The largest absolute Gasteiger partial charge is 0.394 e. The molecular weight excluding hydrogens is 1050 g/mol. The van der Waals surface area contributed by atoms with E-state index in [1.54, 1.807) is 6.08 Å². The van der Waals surface area contributed by atoms with Crippen LogP contribution in [0.4, 0.5) is 0 Å². The minimum absolute atomic E-state index is 0.0612. The zero-order chi connectivity index (χ0) is 61.9. The lowest BCUT2D eigenvalue weighted by Crippen LogP contribution is -2.45. The third-order valence-electron chi connectivity index (χ3n) is 17.3. The molecule has 0 aromatic carbocycles. The highest BCUT2D eigenvalue weighted by Gasteiger charge is 2.18. The average Bonchev–Trinajstić information content (AvgIpc) is 3.59. The predicted octanol–water partition coefficient (Wildman–Crippen LogP) is 26.5. The first-order chi connectivity index (χ1) is 42.7. The number of hydrogen-bond donors (Lipinski definition) is 3. The highest BCUT2D eigenvalue weighted by molar-refractivity contribution is 5.76. The molecule has 2 unspecified atom stereocenters. The summed E-state index contributed by atoms with van der Waals surface area (Å²) >= 11 is 0. The van der Waals surface area contributed by atoms with Gasteiger partial charge in [-0.1, -0.05) is 406 Å². The van der Waals surface area contributed by atoms with Gasteiger partial charge in [0.25, 0.3) is 0 Å². The molecule has 0 spiro atoms. The van der Waals surface area contributed by atoms with E-state index in [2.05, 4.69) is 116 Å². The van der Waals surface area contributed by atoms with Gasteiger partial charge in [-0.25, -0.2) is 0 Å². The number of carbonyl (C=O) groups excluding carboxylic acids is 1. The van der Waals surface area contributed by atoms with Crippen molar-refractivity contribution in [1.82, 2.24) is 5.32 Å². The molecule has 0 aromatic rings. The fourth-order valence-electron chi connectivity index (χ4n) is 11.6. The first-order valence-corrected chi connectivity index (χ1v) is 38.1. The van der Waals surface area contributed by atoms with Crippen molar-refractivity contribution in [1.29, 1.82) is 0 Å². The summed E-state index contributed by atoms with van der Waals surface area (Å²) in [6, 6.07) is -0.629. The molecule has 3 N–H and O–H groups in total. The Bertz CT molecular complexity index is 1590. The Hall–Kier alpha value is -2.95. The Morgan fingerprint density at radius 1 is 0.291 bits per heavy atom. The Kier molecular flexibility index (Phi) is 73.7. The molecule has 0 saturated heterocycles. The molecular formula is C82H147NO3. The topological polar surface area (TPSA) is 69.6 Å². The minimum atomic E-state index is -0.846. The van der Waals surface area contributed by atoms with Crippen LogP contribution in [-0.2, 0) is 4.79 Å². The van der Waals surface area contributed by atoms with Crippen molar-refractivity contribution in [3.05, 3.63) is 109 Å². The van der Waals surface area contributed by atoms with Crippen LogP contribution in [0.25, 0.3) is 0 Å². The van der Waals surface area contributed by atoms with Crippen LogP contribution in [0.2, 0.25) is 0 Å². The van der Waals surface area contributed by atoms with Gasteiger partial charge in [0.15, 0.2) is 0 Å². The van der Waals surface area contributed by atoms with Crippen LogP contribution in [0, 0.1) is 0 Å². The Morgan fingerprint density at radius 3 is 0.767 bits per heavy atom. The predicted molar refractivity (Wildman–Crippen MR) is 386 cm³/mol. The van der Waals surface area contributed by atoms with Gasteiger partial charge in [-0.3, -0.25) is 4.79 Å². The van der Waals surface area contributed by atoms with Gasteiger partial charge in [0.05, 0.1) is 18.8 Å². The van der Waals surface area contributed by atoms with Crippen molar-refractivity contribution >= 4 is 5.91 Å². The number of unbranched alkanes of at least 4 members (excludes halogenated alkanes) is 47. The summed E-state index contributed by atoms with van der Waals surface area (Å²) in [6.45, 7) is 4.23. The van der Waals surface area contributed by atoms with Gasteiger partial charge in [-0.05, 0) is 83.5 Å². The summed E-state index contributed by atoms with van der Waals surface area (Å²) in [6.07, 6.45) is 115. The van der Waals surface area contributed by atoms with Crippen LogP contribution in [0.15, 0.2) is 109 Å². The number of carbonyl (C=O) groups is 1. The Balaban J connectivity index is 3.47. The fraction of sp³-hybridized carbons (Fsp3) is 0.768. The summed E-state index contributed by atoms with van der Waals surface area (Å²) in [5.74, 6) is -0.0612. The van der Waals surface area contributed by atoms with Crippen LogP contribution >= 0.6 is 0 Å². The van der Waals surface area contributed by atoms with E-state index in [4.69, 9.17) is 0 Å². The smallest absolute Gasteiger partial charge is 0.220 e. The monoisotopic (exact) mass is 1190 g/mol. The third-order valence-corrected chi connectivity index (χ3v) is 17.3. The summed E-state index contributed by atoms with van der Waals surface area (Å²) in [5.41, 5.74) is 0. The molecule has 4 heteroatoms. The maximum absolute atomic E-state index is 12.6. The molecule has 0 rings (SSSR count). The second-order valence-corrected chi connectivity index (χ2v) is 25.7. The van der Waals surface area contributed by atoms with E-state index in [1.165, 1.54) is 289 Å². The lowest BCUT2D eigenvalue weighted by atomic mass is 10.0. The summed E-state index contributed by atoms with van der Waals surface area (Å²) in [5, 5.41) is 23.4. The maximum atomic E-state index is 12.6. The number of hydrogen-bond acceptors (Lipinski definition) is 3. The van der Waals surface area contributed by atoms with Crippen molar-refractivity contribution < 1.29 is 15.0 Å². The van der Waals surface area contributed by atoms with Crippen LogP contribution in [0.1, 0.15) is 386 Å². The number of nitrogens with one attached hydrogen (secondary N) is 1. The molecule has 0 radical (unpaired) electrons. The lowest BCUT2D eigenvalue weighted by Gasteiger charge is -2.20. The molecule has 0 aromatic heterocycles.